The first kappa shape index (κ1) is 26.7. The molecule has 2 N–H and O–H groups in total. The molecular formula is C25H26N6O6S. The second-order valence-corrected chi connectivity index (χ2v) is 9.55. The number of nitrogens with zero attached hydrogens (tertiary/aromatic N) is 5. The third-order valence-electron chi connectivity index (χ3n) is 5.10. The van der Waals surface area contributed by atoms with E-state index >= 15 is 0 Å². The number of benzene rings is 2. The zero-order valence-electron chi connectivity index (χ0n) is 20.7. The minimum Gasteiger partial charge on any atom is -0.493 e. The molecule has 0 aliphatic carbocycles. The summed E-state index contributed by atoms with van der Waals surface area (Å²) in [5.74, 6) is 0.254. The van der Waals surface area contributed by atoms with Crippen LogP contribution in [0.25, 0.3) is 11.6 Å². The number of anilines is 1. The van der Waals surface area contributed by atoms with Crippen LogP contribution in [0.1, 0.15) is 5.56 Å². The fraction of sp³-hybridized carbons (Fsp3) is 0.200. The van der Waals surface area contributed by atoms with Crippen molar-refractivity contribution in [2.75, 3.05) is 32.1 Å². The van der Waals surface area contributed by atoms with Crippen molar-refractivity contribution in [1.82, 2.24) is 24.2 Å². The molecule has 2 heterocycles. The molecule has 0 bridgehead atoms. The van der Waals surface area contributed by atoms with E-state index in [9.17, 15) is 13.5 Å². The van der Waals surface area contributed by atoms with E-state index in [1.54, 1.807) is 30.3 Å². The monoisotopic (exact) mass is 538 g/mol. The number of aromatic nitrogens is 4. The summed E-state index contributed by atoms with van der Waals surface area (Å²) in [4.78, 5) is 17.0. The minimum atomic E-state index is -4.14. The van der Waals surface area contributed by atoms with Crippen molar-refractivity contribution in [3.63, 3.8) is 0 Å². The molecule has 0 aliphatic rings. The van der Waals surface area contributed by atoms with Crippen LogP contribution in [0.15, 0.2) is 73.1 Å². The van der Waals surface area contributed by atoms with Crippen molar-refractivity contribution in [2.45, 2.75) is 6.54 Å². The van der Waals surface area contributed by atoms with Gasteiger partial charge < -0.3 is 19.3 Å². The normalized spacial score (nSPS) is 11.3. The molecule has 0 atom stereocenters. The van der Waals surface area contributed by atoms with Crippen LogP contribution < -0.4 is 18.9 Å². The molecular weight excluding hydrogens is 512 g/mol. The van der Waals surface area contributed by atoms with Crippen molar-refractivity contribution >= 4 is 16.0 Å². The van der Waals surface area contributed by atoms with Crippen molar-refractivity contribution < 1.29 is 27.7 Å². The van der Waals surface area contributed by atoms with Gasteiger partial charge in [-0.05, 0) is 23.8 Å². The van der Waals surface area contributed by atoms with E-state index in [1.165, 1.54) is 26.6 Å². The molecule has 13 heteroatoms. The molecule has 0 fully saturated rings. The van der Waals surface area contributed by atoms with E-state index in [1.807, 2.05) is 30.3 Å². The Labute approximate surface area is 220 Å². The Kier molecular flexibility index (Phi) is 8.63. The van der Waals surface area contributed by atoms with Crippen LogP contribution in [-0.4, -0.2) is 65.1 Å². The van der Waals surface area contributed by atoms with E-state index < -0.39 is 10.2 Å². The van der Waals surface area contributed by atoms with Gasteiger partial charge in [-0.1, -0.05) is 42.5 Å². The van der Waals surface area contributed by atoms with Gasteiger partial charge in [-0.15, -0.1) is 0 Å². The topological polar surface area (TPSA) is 149 Å². The average Bonchev–Trinajstić information content (AvgIpc) is 2.94. The van der Waals surface area contributed by atoms with Gasteiger partial charge in [-0.3, -0.25) is 4.72 Å². The number of rotatable bonds is 12. The van der Waals surface area contributed by atoms with E-state index in [0.29, 0.717) is 5.75 Å². The van der Waals surface area contributed by atoms with Crippen LogP contribution in [0.3, 0.4) is 0 Å². The standard InChI is InChI=1S/C25H26N6O6S/c1-31(17-18-9-4-3-5-10-18)38(33,34)30-22-21(37-20-12-7-6-11-19(20)35-2)25(36-16-15-32)29-24(28-22)23-26-13-8-14-27-23/h3-14,32H,15-17H2,1-2H3,(H,28,29,30). The van der Waals surface area contributed by atoms with Gasteiger partial charge in [0.25, 0.3) is 5.88 Å². The lowest BCUT2D eigenvalue weighted by Gasteiger charge is -2.21. The SMILES string of the molecule is COc1ccccc1Oc1c(NS(=O)(=O)N(C)Cc2ccccc2)nc(-c2ncccn2)nc1OCCO. The Morgan fingerprint density at radius 3 is 2.29 bits per heavy atom. The molecule has 0 radical (unpaired) electrons. The Balaban J connectivity index is 1.80. The second kappa shape index (κ2) is 12.3. The summed E-state index contributed by atoms with van der Waals surface area (Å²) < 4.78 is 47.4. The molecule has 38 heavy (non-hydrogen) atoms. The van der Waals surface area contributed by atoms with Gasteiger partial charge in [0.1, 0.15) is 6.61 Å². The van der Waals surface area contributed by atoms with Crippen molar-refractivity contribution in [2.24, 2.45) is 0 Å². The quantitative estimate of drug-likeness (QED) is 0.276. The number of nitrogens with one attached hydrogen (secondary N) is 1. The smallest absolute Gasteiger partial charge is 0.302 e. The highest BCUT2D eigenvalue weighted by molar-refractivity contribution is 7.90. The van der Waals surface area contributed by atoms with Crippen LogP contribution in [0, 0.1) is 0 Å². The summed E-state index contributed by atoms with van der Waals surface area (Å²) in [7, 11) is -1.24. The molecule has 2 aromatic carbocycles. The maximum absolute atomic E-state index is 13.4. The summed E-state index contributed by atoms with van der Waals surface area (Å²) in [5.41, 5.74) is 0.791. The molecule has 0 saturated carbocycles. The highest BCUT2D eigenvalue weighted by Gasteiger charge is 2.27. The summed E-state index contributed by atoms with van der Waals surface area (Å²) in [6.07, 6.45) is 2.99. The first-order valence-corrected chi connectivity index (χ1v) is 12.9. The molecule has 12 nitrogen and oxygen atoms in total. The van der Waals surface area contributed by atoms with Crippen molar-refractivity contribution in [3.05, 3.63) is 78.6 Å². The van der Waals surface area contributed by atoms with Crippen LogP contribution >= 0.6 is 0 Å². The van der Waals surface area contributed by atoms with Crippen LogP contribution in [0.5, 0.6) is 23.1 Å². The molecule has 4 rings (SSSR count). The lowest BCUT2D eigenvalue weighted by Crippen LogP contribution is -2.32. The van der Waals surface area contributed by atoms with Crippen LogP contribution in [0.2, 0.25) is 0 Å². The molecule has 0 spiro atoms. The number of aliphatic hydroxyl groups excluding tert-OH is 1. The molecule has 198 valence electrons. The molecule has 0 saturated heterocycles. The van der Waals surface area contributed by atoms with E-state index in [0.717, 1.165) is 9.87 Å². The fourth-order valence-electron chi connectivity index (χ4n) is 3.28. The number of methoxy groups -OCH3 is 1. The molecule has 2 aromatic heterocycles. The molecule has 0 amide bonds. The van der Waals surface area contributed by atoms with E-state index in [4.69, 9.17) is 14.2 Å². The highest BCUT2D eigenvalue weighted by Crippen LogP contribution is 2.41. The number of ether oxygens (including phenoxy) is 3. The van der Waals surface area contributed by atoms with Gasteiger partial charge in [-0.2, -0.15) is 17.7 Å². The lowest BCUT2D eigenvalue weighted by atomic mass is 10.2. The molecule has 4 aromatic rings. The lowest BCUT2D eigenvalue weighted by molar-refractivity contribution is 0.192. The molecule has 0 unspecified atom stereocenters. The van der Waals surface area contributed by atoms with Gasteiger partial charge >= 0.3 is 10.2 Å². The Hall–Kier alpha value is -4.33. The first-order chi connectivity index (χ1) is 18.4. The van der Waals surface area contributed by atoms with Crippen LogP contribution in [0.4, 0.5) is 5.82 Å². The van der Waals surface area contributed by atoms with E-state index in [2.05, 4.69) is 24.7 Å². The number of hydrogen-bond acceptors (Lipinski definition) is 10. The Morgan fingerprint density at radius 2 is 1.61 bits per heavy atom. The van der Waals surface area contributed by atoms with Gasteiger partial charge in [0.05, 0.1) is 13.7 Å². The minimum absolute atomic E-state index is 0.0191. The predicted octanol–water partition coefficient (Wildman–Crippen LogP) is 2.89. The zero-order valence-corrected chi connectivity index (χ0v) is 21.5. The fourth-order valence-corrected chi connectivity index (χ4v) is 4.14. The predicted molar refractivity (Wildman–Crippen MR) is 139 cm³/mol. The summed E-state index contributed by atoms with van der Waals surface area (Å²) in [6.45, 7) is -0.364. The Morgan fingerprint density at radius 1 is 0.921 bits per heavy atom. The average molecular weight is 539 g/mol. The summed E-state index contributed by atoms with van der Waals surface area (Å²) in [5, 5.41) is 9.37. The largest absolute Gasteiger partial charge is 0.493 e. The van der Waals surface area contributed by atoms with Gasteiger partial charge in [0.15, 0.2) is 23.1 Å². The van der Waals surface area contributed by atoms with Gasteiger partial charge in [0.2, 0.25) is 11.6 Å². The third-order valence-corrected chi connectivity index (χ3v) is 6.50. The van der Waals surface area contributed by atoms with Gasteiger partial charge in [-0.25, -0.2) is 15.0 Å². The number of para-hydroxylation sites is 2. The van der Waals surface area contributed by atoms with Crippen molar-refractivity contribution in [3.8, 4) is 34.8 Å². The second-order valence-electron chi connectivity index (χ2n) is 7.78. The van der Waals surface area contributed by atoms with E-state index in [-0.39, 0.29) is 54.6 Å². The first-order valence-electron chi connectivity index (χ1n) is 11.4. The maximum atomic E-state index is 13.4. The number of hydrogen-bond donors (Lipinski definition) is 2. The maximum Gasteiger partial charge on any atom is 0.302 e. The number of aliphatic hydroxyl groups is 1. The summed E-state index contributed by atoms with van der Waals surface area (Å²) >= 11 is 0. The third kappa shape index (κ3) is 6.51. The van der Waals surface area contributed by atoms with Crippen LogP contribution in [-0.2, 0) is 16.8 Å². The summed E-state index contributed by atoms with van der Waals surface area (Å²) in [6, 6.07) is 17.5. The highest BCUT2D eigenvalue weighted by atomic mass is 32.2. The van der Waals surface area contributed by atoms with Crippen molar-refractivity contribution in [1.29, 1.82) is 0 Å². The van der Waals surface area contributed by atoms with Gasteiger partial charge in [0, 0.05) is 26.0 Å². The molecule has 0 aliphatic heterocycles. The zero-order chi connectivity index (χ0) is 27.0. The Bertz CT molecular complexity index is 1460.